The molecule has 3 amide bonds. The number of aromatic nitrogens is 2. The maximum atomic E-state index is 12.5. The van der Waals surface area contributed by atoms with E-state index in [-0.39, 0.29) is 17.9 Å². The van der Waals surface area contributed by atoms with Crippen LogP contribution in [0, 0.1) is 5.92 Å². The molecule has 0 unspecified atom stereocenters. The Hall–Kier alpha value is -2.05. The molecular formula is C16H23N5O2. The van der Waals surface area contributed by atoms with Crippen molar-refractivity contribution in [3.63, 3.8) is 0 Å². The minimum absolute atomic E-state index is 0.00157. The number of amides is 3. The molecule has 1 atom stereocenters. The van der Waals surface area contributed by atoms with Gasteiger partial charge in [0.2, 0.25) is 5.91 Å². The van der Waals surface area contributed by atoms with E-state index in [0.717, 1.165) is 44.7 Å². The highest BCUT2D eigenvalue weighted by molar-refractivity contribution is 5.78. The van der Waals surface area contributed by atoms with Gasteiger partial charge in [-0.25, -0.2) is 9.78 Å². The van der Waals surface area contributed by atoms with Crippen molar-refractivity contribution < 1.29 is 9.59 Å². The molecular weight excluding hydrogens is 294 g/mol. The summed E-state index contributed by atoms with van der Waals surface area (Å²) in [5.74, 6) is 1.41. The molecule has 1 aromatic heterocycles. The second-order valence-electron chi connectivity index (χ2n) is 6.91. The molecule has 0 radical (unpaired) electrons. The van der Waals surface area contributed by atoms with Crippen LogP contribution in [0.4, 0.5) is 4.79 Å². The van der Waals surface area contributed by atoms with Crippen LogP contribution in [0.5, 0.6) is 0 Å². The average Bonchev–Trinajstić information content (AvgIpc) is 3.15. The van der Waals surface area contributed by atoms with E-state index < -0.39 is 0 Å². The maximum absolute atomic E-state index is 12.5. The zero-order valence-corrected chi connectivity index (χ0v) is 13.3. The van der Waals surface area contributed by atoms with Gasteiger partial charge in [-0.05, 0) is 19.3 Å². The zero-order valence-electron chi connectivity index (χ0n) is 13.3. The average molecular weight is 317 g/mol. The van der Waals surface area contributed by atoms with E-state index in [1.54, 1.807) is 6.20 Å². The minimum atomic E-state index is 0.00157. The normalized spacial score (nSPS) is 24.5. The van der Waals surface area contributed by atoms with E-state index in [4.69, 9.17) is 0 Å². The third-order valence-electron chi connectivity index (χ3n) is 4.91. The molecule has 0 aromatic carbocycles. The summed E-state index contributed by atoms with van der Waals surface area (Å²) in [6.07, 6.45) is 7.54. The molecule has 4 rings (SSSR count). The molecule has 0 bridgehead atoms. The van der Waals surface area contributed by atoms with E-state index in [1.165, 1.54) is 0 Å². The van der Waals surface area contributed by atoms with E-state index in [9.17, 15) is 9.59 Å². The zero-order chi connectivity index (χ0) is 15.8. The SMILES string of the molecule is O=C1CCCN1C[C@H]1CN(C(=O)NC2CC2)Cc2nccn2C1. The fourth-order valence-corrected chi connectivity index (χ4v) is 3.51. The molecule has 0 spiro atoms. The highest BCUT2D eigenvalue weighted by Gasteiger charge is 2.31. The Bertz CT molecular complexity index is 609. The highest BCUT2D eigenvalue weighted by atomic mass is 16.2. The van der Waals surface area contributed by atoms with Crippen molar-refractivity contribution in [2.45, 2.75) is 44.8 Å². The lowest BCUT2D eigenvalue weighted by molar-refractivity contribution is -0.128. The van der Waals surface area contributed by atoms with Crippen molar-refractivity contribution >= 4 is 11.9 Å². The predicted molar refractivity (Wildman–Crippen MR) is 83.5 cm³/mol. The fourth-order valence-electron chi connectivity index (χ4n) is 3.51. The van der Waals surface area contributed by atoms with Gasteiger partial charge in [-0.2, -0.15) is 0 Å². The Morgan fingerprint density at radius 2 is 2.22 bits per heavy atom. The first-order valence-electron chi connectivity index (χ1n) is 8.52. The Labute approximate surface area is 135 Å². The number of imidazole rings is 1. The first-order chi connectivity index (χ1) is 11.2. The van der Waals surface area contributed by atoms with Gasteiger partial charge >= 0.3 is 6.03 Å². The summed E-state index contributed by atoms with van der Waals surface area (Å²) in [5, 5.41) is 3.07. The summed E-state index contributed by atoms with van der Waals surface area (Å²) in [7, 11) is 0. The summed E-state index contributed by atoms with van der Waals surface area (Å²) in [6, 6.07) is 0.353. The van der Waals surface area contributed by atoms with Crippen molar-refractivity contribution in [1.82, 2.24) is 24.7 Å². The minimum Gasteiger partial charge on any atom is -0.342 e. The number of carbonyl (C=O) groups excluding carboxylic acids is 2. The van der Waals surface area contributed by atoms with Crippen molar-refractivity contribution in [3.8, 4) is 0 Å². The topological polar surface area (TPSA) is 70.5 Å². The third-order valence-corrected chi connectivity index (χ3v) is 4.91. The first-order valence-corrected chi connectivity index (χ1v) is 8.52. The van der Waals surface area contributed by atoms with Gasteiger partial charge in [0, 0.05) is 57.0 Å². The molecule has 1 aliphatic carbocycles. The number of rotatable bonds is 3. The van der Waals surface area contributed by atoms with Gasteiger partial charge in [0.15, 0.2) is 0 Å². The maximum Gasteiger partial charge on any atom is 0.318 e. The van der Waals surface area contributed by atoms with Crippen LogP contribution in [-0.4, -0.2) is 57.0 Å². The molecule has 1 saturated carbocycles. The van der Waals surface area contributed by atoms with Crippen LogP contribution in [0.25, 0.3) is 0 Å². The Kier molecular flexibility index (Phi) is 3.71. The lowest BCUT2D eigenvalue weighted by atomic mass is 10.1. The van der Waals surface area contributed by atoms with Gasteiger partial charge in [-0.1, -0.05) is 0 Å². The quantitative estimate of drug-likeness (QED) is 0.897. The number of carbonyl (C=O) groups is 2. The predicted octanol–water partition coefficient (Wildman–Crippen LogP) is 0.809. The second-order valence-corrected chi connectivity index (χ2v) is 6.91. The van der Waals surface area contributed by atoms with E-state index >= 15 is 0 Å². The molecule has 1 N–H and O–H groups in total. The Morgan fingerprint density at radius 1 is 1.35 bits per heavy atom. The molecule has 3 heterocycles. The van der Waals surface area contributed by atoms with Crippen LogP contribution < -0.4 is 5.32 Å². The third kappa shape index (κ3) is 3.18. The lowest BCUT2D eigenvalue weighted by Gasteiger charge is -2.27. The van der Waals surface area contributed by atoms with Crippen molar-refractivity contribution in [2.24, 2.45) is 5.92 Å². The Morgan fingerprint density at radius 3 is 2.96 bits per heavy atom. The number of likely N-dealkylation sites (tertiary alicyclic amines) is 1. The van der Waals surface area contributed by atoms with E-state index in [1.807, 2.05) is 16.0 Å². The molecule has 2 aliphatic heterocycles. The highest BCUT2D eigenvalue weighted by Crippen LogP contribution is 2.22. The number of hydrogen-bond donors (Lipinski definition) is 1. The second kappa shape index (κ2) is 5.86. The smallest absolute Gasteiger partial charge is 0.318 e. The first kappa shape index (κ1) is 14.5. The summed E-state index contributed by atoms with van der Waals surface area (Å²) in [4.78, 5) is 32.6. The monoisotopic (exact) mass is 317 g/mol. The summed E-state index contributed by atoms with van der Waals surface area (Å²) >= 11 is 0. The van der Waals surface area contributed by atoms with Crippen molar-refractivity contribution in [3.05, 3.63) is 18.2 Å². The number of hydrogen-bond acceptors (Lipinski definition) is 3. The van der Waals surface area contributed by atoms with Crippen LogP contribution >= 0.6 is 0 Å². The van der Waals surface area contributed by atoms with Gasteiger partial charge in [0.1, 0.15) is 5.82 Å². The van der Waals surface area contributed by atoms with Gasteiger partial charge in [0.25, 0.3) is 0 Å². The van der Waals surface area contributed by atoms with Crippen molar-refractivity contribution in [1.29, 1.82) is 0 Å². The molecule has 3 aliphatic rings. The molecule has 2 fully saturated rings. The number of nitrogens with zero attached hydrogens (tertiary/aromatic N) is 4. The van der Waals surface area contributed by atoms with Gasteiger partial charge < -0.3 is 19.7 Å². The molecule has 124 valence electrons. The standard InChI is InChI=1S/C16H23N5O2/c22-15-2-1-6-20(15)9-12-8-19-7-5-17-14(19)11-21(10-12)16(23)18-13-3-4-13/h5,7,12-13H,1-4,6,8-11H2,(H,18,23)/t12-/m0/s1. The van der Waals surface area contributed by atoms with Crippen LogP contribution in [0.15, 0.2) is 12.4 Å². The molecule has 23 heavy (non-hydrogen) atoms. The largest absolute Gasteiger partial charge is 0.342 e. The lowest BCUT2D eigenvalue weighted by Crippen LogP contribution is -2.44. The van der Waals surface area contributed by atoms with Crippen LogP contribution in [-0.2, 0) is 17.9 Å². The summed E-state index contributed by atoms with van der Waals surface area (Å²) < 4.78 is 2.12. The van der Waals surface area contributed by atoms with Gasteiger partial charge in [0.05, 0.1) is 6.54 Å². The van der Waals surface area contributed by atoms with Gasteiger partial charge in [-0.3, -0.25) is 4.79 Å². The molecule has 1 saturated heterocycles. The van der Waals surface area contributed by atoms with Crippen LogP contribution in [0.2, 0.25) is 0 Å². The van der Waals surface area contributed by atoms with Gasteiger partial charge in [-0.15, -0.1) is 0 Å². The van der Waals surface area contributed by atoms with Crippen LogP contribution in [0.3, 0.4) is 0 Å². The molecule has 1 aromatic rings. The fraction of sp³-hybridized carbons (Fsp3) is 0.688. The number of fused-ring (bicyclic) bond motifs is 1. The summed E-state index contributed by atoms with van der Waals surface area (Å²) in [6.45, 7) is 3.60. The number of urea groups is 1. The molecule has 7 nitrogen and oxygen atoms in total. The van der Waals surface area contributed by atoms with Crippen molar-refractivity contribution in [2.75, 3.05) is 19.6 Å². The summed E-state index contributed by atoms with van der Waals surface area (Å²) in [5.41, 5.74) is 0. The molecule has 7 heteroatoms. The number of nitrogens with one attached hydrogen (secondary N) is 1. The van der Waals surface area contributed by atoms with E-state index in [2.05, 4.69) is 14.9 Å². The van der Waals surface area contributed by atoms with E-state index in [0.29, 0.717) is 25.6 Å². The Balaban J connectivity index is 1.49. The van der Waals surface area contributed by atoms with Crippen LogP contribution in [0.1, 0.15) is 31.5 Å².